The molecule has 0 atom stereocenters. The van der Waals surface area contributed by atoms with Crippen LogP contribution in [0.3, 0.4) is 0 Å². The molecule has 0 bridgehead atoms. The van der Waals surface area contributed by atoms with Crippen LogP contribution in [-0.2, 0) is 10.0 Å². The molecule has 106 valence electrons. The second-order valence-electron chi connectivity index (χ2n) is 4.72. The van der Waals surface area contributed by atoms with Gasteiger partial charge in [-0.1, -0.05) is 35.7 Å². The molecule has 0 saturated heterocycles. The van der Waals surface area contributed by atoms with Crippen molar-refractivity contribution in [3.63, 3.8) is 0 Å². The van der Waals surface area contributed by atoms with E-state index >= 15 is 0 Å². The standard InChI is InChI=1S/C13H17Br2NO2S/c1-2-16(11-5-3-4-6-11)19(17,18)13-9-10(14)7-8-12(13)15/h7-9,11H,2-6H2,1H3. The van der Waals surface area contributed by atoms with Crippen LogP contribution in [0.15, 0.2) is 32.0 Å². The maximum atomic E-state index is 12.8. The van der Waals surface area contributed by atoms with Crippen LogP contribution in [0.1, 0.15) is 32.6 Å². The van der Waals surface area contributed by atoms with Gasteiger partial charge in [0.1, 0.15) is 0 Å². The van der Waals surface area contributed by atoms with E-state index in [1.165, 1.54) is 0 Å². The molecule has 0 spiro atoms. The van der Waals surface area contributed by atoms with Crippen LogP contribution in [-0.4, -0.2) is 25.3 Å². The van der Waals surface area contributed by atoms with Gasteiger partial charge in [0.15, 0.2) is 0 Å². The summed E-state index contributed by atoms with van der Waals surface area (Å²) in [6.45, 7) is 2.42. The van der Waals surface area contributed by atoms with Crippen molar-refractivity contribution >= 4 is 41.9 Å². The fourth-order valence-electron chi connectivity index (χ4n) is 2.62. The zero-order valence-electron chi connectivity index (χ0n) is 10.8. The van der Waals surface area contributed by atoms with Gasteiger partial charge in [0, 0.05) is 21.5 Å². The molecule has 0 unspecified atom stereocenters. The Labute approximate surface area is 131 Å². The summed E-state index contributed by atoms with van der Waals surface area (Å²) in [6.07, 6.45) is 4.18. The largest absolute Gasteiger partial charge is 0.244 e. The van der Waals surface area contributed by atoms with Crippen molar-refractivity contribution in [1.82, 2.24) is 4.31 Å². The van der Waals surface area contributed by atoms with Gasteiger partial charge in [-0.05, 0) is 47.0 Å². The summed E-state index contributed by atoms with van der Waals surface area (Å²) < 4.78 is 28.6. The van der Waals surface area contributed by atoms with Gasteiger partial charge in [0.05, 0.1) is 4.90 Å². The maximum Gasteiger partial charge on any atom is 0.244 e. The van der Waals surface area contributed by atoms with E-state index in [0.717, 1.165) is 30.2 Å². The molecule has 0 heterocycles. The molecule has 0 aliphatic heterocycles. The average molecular weight is 411 g/mol. The zero-order chi connectivity index (χ0) is 14.0. The molecule has 1 fully saturated rings. The first-order valence-electron chi connectivity index (χ1n) is 6.43. The quantitative estimate of drug-likeness (QED) is 0.746. The number of halogens is 2. The number of rotatable bonds is 4. The highest BCUT2D eigenvalue weighted by Gasteiger charge is 2.33. The summed E-state index contributed by atoms with van der Waals surface area (Å²) in [5.41, 5.74) is 0. The number of benzene rings is 1. The maximum absolute atomic E-state index is 12.8. The summed E-state index contributed by atoms with van der Waals surface area (Å²) in [7, 11) is -3.43. The van der Waals surface area contributed by atoms with Crippen LogP contribution >= 0.6 is 31.9 Å². The summed E-state index contributed by atoms with van der Waals surface area (Å²) in [4.78, 5) is 0.343. The normalized spacial score (nSPS) is 17.3. The van der Waals surface area contributed by atoms with Crippen LogP contribution in [0.25, 0.3) is 0 Å². The van der Waals surface area contributed by atoms with Gasteiger partial charge in [-0.3, -0.25) is 0 Å². The Morgan fingerprint density at radius 2 is 1.89 bits per heavy atom. The van der Waals surface area contributed by atoms with Gasteiger partial charge in [-0.15, -0.1) is 0 Å². The van der Waals surface area contributed by atoms with Crippen molar-refractivity contribution < 1.29 is 8.42 Å². The molecular weight excluding hydrogens is 394 g/mol. The van der Waals surface area contributed by atoms with Gasteiger partial charge in [0.25, 0.3) is 0 Å². The van der Waals surface area contributed by atoms with Crippen molar-refractivity contribution in [3.8, 4) is 0 Å². The molecule has 19 heavy (non-hydrogen) atoms. The smallest absolute Gasteiger partial charge is 0.207 e. The van der Waals surface area contributed by atoms with Crippen LogP contribution in [0, 0.1) is 0 Å². The molecule has 1 aliphatic rings. The minimum Gasteiger partial charge on any atom is -0.207 e. The Balaban J connectivity index is 2.42. The second-order valence-corrected chi connectivity index (χ2v) is 8.35. The van der Waals surface area contributed by atoms with E-state index < -0.39 is 10.0 Å². The Morgan fingerprint density at radius 1 is 1.26 bits per heavy atom. The lowest BCUT2D eigenvalue weighted by Crippen LogP contribution is -2.38. The van der Waals surface area contributed by atoms with E-state index in [-0.39, 0.29) is 6.04 Å². The highest BCUT2D eigenvalue weighted by atomic mass is 79.9. The third-order valence-corrected chi connectivity index (χ3v) is 7.04. The van der Waals surface area contributed by atoms with E-state index in [2.05, 4.69) is 31.9 Å². The van der Waals surface area contributed by atoms with Crippen LogP contribution in [0.5, 0.6) is 0 Å². The molecule has 2 rings (SSSR count). The predicted octanol–water partition coefficient (Wildman–Crippen LogP) is 4.16. The molecule has 1 aliphatic carbocycles. The highest BCUT2D eigenvalue weighted by Crippen LogP contribution is 2.32. The average Bonchev–Trinajstić information content (AvgIpc) is 2.86. The third kappa shape index (κ3) is 3.23. The van der Waals surface area contributed by atoms with Gasteiger partial charge < -0.3 is 0 Å². The topological polar surface area (TPSA) is 37.4 Å². The van der Waals surface area contributed by atoms with Crippen molar-refractivity contribution in [1.29, 1.82) is 0 Å². The minimum absolute atomic E-state index is 0.154. The van der Waals surface area contributed by atoms with Gasteiger partial charge in [0.2, 0.25) is 10.0 Å². The first-order valence-corrected chi connectivity index (χ1v) is 9.46. The van der Waals surface area contributed by atoms with Gasteiger partial charge in [-0.25, -0.2) is 8.42 Å². The summed E-state index contributed by atoms with van der Waals surface area (Å²) in [5, 5.41) is 0. The summed E-state index contributed by atoms with van der Waals surface area (Å²) >= 11 is 6.69. The molecule has 1 aromatic rings. The fourth-order valence-corrected chi connectivity index (χ4v) is 5.78. The van der Waals surface area contributed by atoms with Crippen molar-refractivity contribution in [3.05, 3.63) is 27.1 Å². The van der Waals surface area contributed by atoms with Crippen molar-refractivity contribution in [2.75, 3.05) is 6.54 Å². The van der Waals surface area contributed by atoms with Crippen LogP contribution in [0.2, 0.25) is 0 Å². The molecule has 0 amide bonds. The highest BCUT2D eigenvalue weighted by molar-refractivity contribution is 9.11. The lowest BCUT2D eigenvalue weighted by molar-refractivity contribution is 0.335. The van der Waals surface area contributed by atoms with Gasteiger partial charge in [-0.2, -0.15) is 4.31 Å². The van der Waals surface area contributed by atoms with E-state index in [9.17, 15) is 8.42 Å². The zero-order valence-corrected chi connectivity index (χ0v) is 14.8. The summed E-state index contributed by atoms with van der Waals surface area (Å²) in [5.74, 6) is 0. The van der Waals surface area contributed by atoms with E-state index in [0.29, 0.717) is 15.9 Å². The van der Waals surface area contributed by atoms with Crippen LogP contribution < -0.4 is 0 Å². The number of sulfonamides is 1. The molecule has 0 radical (unpaired) electrons. The molecule has 1 aromatic carbocycles. The fraction of sp³-hybridized carbons (Fsp3) is 0.538. The molecule has 0 aromatic heterocycles. The molecule has 0 N–H and O–H groups in total. The first kappa shape index (κ1) is 15.5. The Morgan fingerprint density at radius 3 is 2.47 bits per heavy atom. The number of hydrogen-bond acceptors (Lipinski definition) is 2. The van der Waals surface area contributed by atoms with E-state index in [4.69, 9.17) is 0 Å². The number of hydrogen-bond donors (Lipinski definition) is 0. The molecule has 1 saturated carbocycles. The predicted molar refractivity (Wildman–Crippen MR) is 83.7 cm³/mol. The van der Waals surface area contributed by atoms with Crippen molar-refractivity contribution in [2.45, 2.75) is 43.5 Å². The van der Waals surface area contributed by atoms with Crippen LogP contribution in [0.4, 0.5) is 0 Å². The first-order chi connectivity index (χ1) is 8.96. The Hall–Kier alpha value is 0.0900. The lowest BCUT2D eigenvalue weighted by Gasteiger charge is -2.27. The van der Waals surface area contributed by atoms with E-state index in [1.54, 1.807) is 16.4 Å². The lowest BCUT2D eigenvalue weighted by atomic mass is 10.2. The molecule has 6 heteroatoms. The third-order valence-electron chi connectivity index (χ3n) is 3.52. The summed E-state index contributed by atoms with van der Waals surface area (Å²) in [6, 6.07) is 5.41. The minimum atomic E-state index is -3.43. The van der Waals surface area contributed by atoms with Gasteiger partial charge >= 0.3 is 0 Å². The van der Waals surface area contributed by atoms with Crippen molar-refractivity contribution in [2.24, 2.45) is 0 Å². The Kier molecular flexibility index (Phi) is 5.09. The SMILES string of the molecule is CCN(C1CCCC1)S(=O)(=O)c1cc(Br)ccc1Br. The second kappa shape index (κ2) is 6.24. The van der Waals surface area contributed by atoms with E-state index in [1.807, 2.05) is 13.0 Å². The Bertz CT molecular complexity index is 554. The monoisotopic (exact) mass is 409 g/mol. The molecule has 3 nitrogen and oxygen atoms in total. The molecular formula is C13H17Br2NO2S. The number of nitrogens with zero attached hydrogens (tertiary/aromatic N) is 1.